The van der Waals surface area contributed by atoms with Gasteiger partial charge in [-0.25, -0.2) is 4.98 Å². The first kappa shape index (κ1) is 16.2. The Labute approximate surface area is 120 Å². The average Bonchev–Trinajstić information content (AvgIpc) is 2.32. The smallest absolute Gasteiger partial charge is 0.293 e. The first-order chi connectivity index (χ1) is 9.32. The minimum Gasteiger partial charge on any atom is -0.388 e. The zero-order chi connectivity index (χ0) is 15.3. The van der Waals surface area contributed by atoms with Gasteiger partial charge in [0.25, 0.3) is 5.56 Å². The number of anilines is 1. The van der Waals surface area contributed by atoms with Gasteiger partial charge in [-0.05, 0) is 19.8 Å². The molecule has 1 aromatic heterocycles. The summed E-state index contributed by atoms with van der Waals surface area (Å²) < 4.78 is 1.69. The van der Waals surface area contributed by atoms with Crippen molar-refractivity contribution in [2.75, 3.05) is 11.4 Å². The molecule has 20 heavy (non-hydrogen) atoms. The standard InChI is InChI=1S/C14H25N5O/c1-10(2)9-18-8-6-17-13(14(18)20)19(11(3)4)7-5-12(15)16/h6,8,10-11H,5,7,9H2,1-4H3,(H3,15,16). The molecule has 1 heterocycles. The summed E-state index contributed by atoms with van der Waals surface area (Å²) in [7, 11) is 0. The second-order valence-electron chi connectivity index (χ2n) is 5.66. The second kappa shape index (κ2) is 7.07. The van der Waals surface area contributed by atoms with Gasteiger partial charge in [0.2, 0.25) is 0 Å². The van der Waals surface area contributed by atoms with Crippen molar-refractivity contribution < 1.29 is 0 Å². The van der Waals surface area contributed by atoms with E-state index in [0.717, 1.165) is 0 Å². The molecule has 0 aromatic carbocycles. The zero-order valence-electron chi connectivity index (χ0n) is 12.8. The molecule has 6 heteroatoms. The van der Waals surface area contributed by atoms with E-state index in [2.05, 4.69) is 18.8 Å². The van der Waals surface area contributed by atoms with Gasteiger partial charge in [0.05, 0.1) is 5.84 Å². The second-order valence-corrected chi connectivity index (χ2v) is 5.66. The number of hydrogen-bond donors (Lipinski definition) is 2. The van der Waals surface area contributed by atoms with Gasteiger partial charge in [0.15, 0.2) is 5.82 Å². The van der Waals surface area contributed by atoms with Crippen molar-refractivity contribution in [2.45, 2.75) is 46.7 Å². The fraction of sp³-hybridized carbons (Fsp3) is 0.643. The topological polar surface area (TPSA) is 88.0 Å². The number of hydrogen-bond acceptors (Lipinski definition) is 4. The number of nitrogens with one attached hydrogen (secondary N) is 1. The fourth-order valence-corrected chi connectivity index (χ4v) is 2.02. The highest BCUT2D eigenvalue weighted by molar-refractivity contribution is 5.77. The summed E-state index contributed by atoms with van der Waals surface area (Å²) in [5, 5.41) is 7.33. The van der Waals surface area contributed by atoms with E-state index in [1.165, 1.54) is 0 Å². The predicted molar refractivity (Wildman–Crippen MR) is 82.3 cm³/mol. The molecule has 0 atom stereocenters. The van der Waals surface area contributed by atoms with E-state index in [-0.39, 0.29) is 17.4 Å². The monoisotopic (exact) mass is 279 g/mol. The Bertz CT molecular complexity index is 507. The summed E-state index contributed by atoms with van der Waals surface area (Å²) in [6.45, 7) is 9.35. The molecule has 0 aliphatic rings. The molecule has 0 unspecified atom stereocenters. The van der Waals surface area contributed by atoms with E-state index >= 15 is 0 Å². The van der Waals surface area contributed by atoms with Crippen LogP contribution in [0.15, 0.2) is 17.2 Å². The highest BCUT2D eigenvalue weighted by Crippen LogP contribution is 2.10. The summed E-state index contributed by atoms with van der Waals surface area (Å²) >= 11 is 0. The van der Waals surface area contributed by atoms with Crippen LogP contribution in [-0.4, -0.2) is 28.0 Å². The summed E-state index contributed by atoms with van der Waals surface area (Å²) in [5.41, 5.74) is 5.32. The largest absolute Gasteiger partial charge is 0.388 e. The van der Waals surface area contributed by atoms with E-state index in [1.54, 1.807) is 17.0 Å². The Balaban J connectivity index is 3.07. The summed E-state index contributed by atoms with van der Waals surface area (Å²) in [6, 6.07) is 0.129. The number of aromatic nitrogens is 2. The van der Waals surface area contributed by atoms with Gasteiger partial charge in [-0.2, -0.15) is 0 Å². The van der Waals surface area contributed by atoms with E-state index in [1.807, 2.05) is 18.7 Å². The van der Waals surface area contributed by atoms with Crippen molar-refractivity contribution in [1.82, 2.24) is 9.55 Å². The highest BCUT2D eigenvalue weighted by atomic mass is 16.1. The van der Waals surface area contributed by atoms with Crippen LogP contribution in [0, 0.1) is 11.3 Å². The number of rotatable bonds is 7. The van der Waals surface area contributed by atoms with Crippen molar-refractivity contribution in [3.63, 3.8) is 0 Å². The van der Waals surface area contributed by atoms with E-state index in [9.17, 15) is 4.79 Å². The molecule has 1 rings (SSSR count). The van der Waals surface area contributed by atoms with Crippen molar-refractivity contribution in [1.29, 1.82) is 5.41 Å². The SMILES string of the molecule is CC(C)Cn1ccnc(N(CCC(=N)N)C(C)C)c1=O. The number of amidine groups is 1. The van der Waals surface area contributed by atoms with Crippen molar-refractivity contribution in [3.05, 3.63) is 22.7 Å². The van der Waals surface area contributed by atoms with Gasteiger partial charge in [-0.15, -0.1) is 0 Å². The molecule has 0 aliphatic heterocycles. The summed E-state index contributed by atoms with van der Waals surface area (Å²) in [6.07, 6.45) is 3.80. The van der Waals surface area contributed by atoms with Gasteiger partial charge in [0.1, 0.15) is 0 Å². The van der Waals surface area contributed by atoms with E-state index < -0.39 is 0 Å². The van der Waals surface area contributed by atoms with E-state index in [0.29, 0.717) is 31.2 Å². The third kappa shape index (κ3) is 4.36. The lowest BCUT2D eigenvalue weighted by molar-refractivity contribution is 0.506. The molecule has 0 spiro atoms. The van der Waals surface area contributed by atoms with Crippen LogP contribution in [0.4, 0.5) is 5.82 Å². The van der Waals surface area contributed by atoms with Crippen LogP contribution < -0.4 is 16.2 Å². The van der Waals surface area contributed by atoms with Crippen molar-refractivity contribution in [2.24, 2.45) is 11.7 Å². The average molecular weight is 279 g/mol. The van der Waals surface area contributed by atoms with Crippen LogP contribution >= 0.6 is 0 Å². The van der Waals surface area contributed by atoms with Gasteiger partial charge in [-0.3, -0.25) is 10.2 Å². The maximum Gasteiger partial charge on any atom is 0.293 e. The molecule has 6 nitrogen and oxygen atoms in total. The summed E-state index contributed by atoms with van der Waals surface area (Å²) in [4.78, 5) is 18.6. The fourth-order valence-electron chi connectivity index (χ4n) is 2.02. The Morgan fingerprint density at radius 1 is 1.45 bits per heavy atom. The van der Waals surface area contributed by atoms with Crippen LogP contribution in [0.5, 0.6) is 0 Å². The van der Waals surface area contributed by atoms with Gasteiger partial charge < -0.3 is 15.2 Å². The lowest BCUT2D eigenvalue weighted by atomic mass is 10.2. The maximum atomic E-state index is 12.5. The molecule has 0 bridgehead atoms. The Morgan fingerprint density at radius 3 is 2.60 bits per heavy atom. The zero-order valence-corrected chi connectivity index (χ0v) is 12.8. The van der Waals surface area contributed by atoms with Crippen molar-refractivity contribution in [3.8, 4) is 0 Å². The van der Waals surface area contributed by atoms with Crippen LogP contribution in [0.2, 0.25) is 0 Å². The molecule has 0 fully saturated rings. The normalized spacial score (nSPS) is 11.1. The molecule has 112 valence electrons. The number of nitrogens with zero attached hydrogens (tertiary/aromatic N) is 3. The lowest BCUT2D eigenvalue weighted by Crippen LogP contribution is -2.40. The third-order valence-corrected chi connectivity index (χ3v) is 2.97. The Hall–Kier alpha value is -1.85. The quantitative estimate of drug-likeness (QED) is 0.584. The van der Waals surface area contributed by atoms with E-state index in [4.69, 9.17) is 11.1 Å². The highest BCUT2D eigenvalue weighted by Gasteiger charge is 2.17. The molecule has 0 aliphatic carbocycles. The molecule has 0 saturated heterocycles. The van der Waals surface area contributed by atoms with Gasteiger partial charge >= 0.3 is 0 Å². The van der Waals surface area contributed by atoms with Crippen LogP contribution in [0.1, 0.15) is 34.1 Å². The molecule has 1 aromatic rings. The molecule has 3 N–H and O–H groups in total. The molecular formula is C14H25N5O. The Morgan fingerprint density at radius 2 is 2.10 bits per heavy atom. The molecule has 0 amide bonds. The minimum atomic E-state index is -0.0848. The number of nitrogens with two attached hydrogens (primary N) is 1. The lowest BCUT2D eigenvalue weighted by Gasteiger charge is -2.27. The minimum absolute atomic E-state index is 0.0848. The maximum absolute atomic E-state index is 12.5. The van der Waals surface area contributed by atoms with Crippen LogP contribution in [-0.2, 0) is 6.54 Å². The molecule has 0 radical (unpaired) electrons. The molecular weight excluding hydrogens is 254 g/mol. The van der Waals surface area contributed by atoms with Crippen molar-refractivity contribution >= 4 is 11.7 Å². The third-order valence-electron chi connectivity index (χ3n) is 2.97. The first-order valence-corrected chi connectivity index (χ1v) is 6.98. The van der Waals surface area contributed by atoms with Crippen LogP contribution in [0.3, 0.4) is 0 Å². The predicted octanol–water partition coefficient (Wildman–Crippen LogP) is 1.44. The van der Waals surface area contributed by atoms with Crippen LogP contribution in [0.25, 0.3) is 0 Å². The van der Waals surface area contributed by atoms with Gasteiger partial charge in [-0.1, -0.05) is 13.8 Å². The first-order valence-electron chi connectivity index (χ1n) is 6.98. The van der Waals surface area contributed by atoms with Gasteiger partial charge in [0, 0.05) is 37.9 Å². The Kier molecular flexibility index (Phi) is 5.73. The molecule has 0 saturated carbocycles. The summed E-state index contributed by atoms with van der Waals surface area (Å²) in [5.74, 6) is 0.950.